The van der Waals surface area contributed by atoms with Crippen LogP contribution in [0.4, 0.5) is 17.1 Å². The van der Waals surface area contributed by atoms with Gasteiger partial charge in [-0.2, -0.15) is 0 Å². The number of thiophene rings is 2. The molecule has 0 saturated heterocycles. The Bertz CT molecular complexity index is 10200. The molecule has 2 aliphatic heterocycles. The van der Waals surface area contributed by atoms with Crippen molar-refractivity contribution in [2.24, 2.45) is 0 Å². The van der Waals surface area contributed by atoms with Crippen LogP contribution in [-0.4, -0.2) is 23.1 Å². The first kappa shape index (κ1) is 78.0. The maximum Gasteiger partial charge on any atom is 0.263 e. The number of aromatic nitrogens is 5. The average molecular weight is 1800 g/mol. The van der Waals surface area contributed by atoms with Gasteiger partial charge in [0.05, 0.1) is 55.6 Å². The van der Waals surface area contributed by atoms with Crippen molar-refractivity contribution in [3.63, 3.8) is 0 Å². The summed E-state index contributed by atoms with van der Waals surface area (Å²) < 4.78 is 13.0. The Labute approximate surface area is 798 Å². The van der Waals surface area contributed by atoms with Crippen LogP contribution in [0, 0.1) is 0 Å². The van der Waals surface area contributed by atoms with Crippen molar-refractivity contribution < 1.29 is 0 Å². The maximum atomic E-state index is 16.0. The van der Waals surface area contributed by atoms with Gasteiger partial charge in [-0.25, -0.2) is 4.98 Å². The molecule has 0 radical (unpaired) electrons. The molecule has 0 bridgehead atoms. The number of anilines is 3. The lowest BCUT2D eigenvalue weighted by molar-refractivity contribution is 0.709. The van der Waals surface area contributed by atoms with Crippen LogP contribution >= 0.6 is 22.7 Å². The highest BCUT2D eigenvalue weighted by Crippen LogP contribution is 2.62. The molecule has 9 nitrogen and oxygen atoms in total. The third kappa shape index (κ3) is 11.4. The van der Waals surface area contributed by atoms with Crippen molar-refractivity contribution in [3.8, 4) is 95.0 Å². The number of aryl methyl sites for hydroxylation is 1. The van der Waals surface area contributed by atoms with E-state index in [2.05, 4.69) is 411 Å². The van der Waals surface area contributed by atoms with Gasteiger partial charge in [0.1, 0.15) is 5.82 Å². The molecule has 138 heavy (non-hydrogen) atoms. The van der Waals surface area contributed by atoms with Gasteiger partial charge in [0.25, 0.3) is 16.7 Å². The molecule has 2 aliphatic rings. The van der Waals surface area contributed by atoms with Crippen molar-refractivity contribution in [1.29, 1.82) is 0 Å². The monoisotopic (exact) mass is 1800 g/mol. The highest BCUT2D eigenvalue weighted by molar-refractivity contribution is 7.26. The second kappa shape index (κ2) is 29.8. The molecule has 0 aliphatic carbocycles. The third-order valence-corrected chi connectivity index (χ3v) is 32.0. The summed E-state index contributed by atoms with van der Waals surface area (Å²) in [5.41, 5.74) is 29.9. The zero-order valence-corrected chi connectivity index (χ0v) is 76.1. The summed E-state index contributed by atoms with van der Waals surface area (Å²) >= 11 is 3.64. The Balaban J connectivity index is 0.461. The average Bonchev–Trinajstić information content (AvgIpc) is 0.847. The van der Waals surface area contributed by atoms with E-state index in [1.54, 1.807) is 0 Å². The molecular weight excluding hydrogens is 1720 g/mol. The number of rotatable bonds is 11. The second-order valence-electron chi connectivity index (χ2n) is 36.8. The fourth-order valence-electron chi connectivity index (χ4n) is 23.4. The first-order valence-corrected chi connectivity index (χ1v) is 48.6. The van der Waals surface area contributed by atoms with Crippen molar-refractivity contribution in [3.05, 3.63) is 490 Å². The van der Waals surface area contributed by atoms with E-state index in [1.807, 2.05) is 72.6 Å². The number of hydrogen-bond donors (Lipinski definition) is 0. The van der Waals surface area contributed by atoms with Gasteiger partial charge in [-0.05, 0) is 286 Å². The van der Waals surface area contributed by atoms with Gasteiger partial charge in [0.15, 0.2) is 0 Å². The standard InChI is InChI=1S/C127H76N6O3S2/c1-2-121-128-110-72-85(86-44-57-95-102-68-84(49-62-119(102)138-120(95)73-86)87-70-103-92-28-7-9-31-98(92)125(135)132-112-59-46-82(66-100(112)104(71-87)122(103)132)83-48-61-118-101(67-83)94-29-10-17-40-117(94)137-118)47-60-116(110)130(121)89-52-54-90(55-53-89)131-111-58-45-81(65-99(111)91-27-6-8-30-97(91)124(131)134)79-26-19-24-77(64-79)76-23-18-25-78(63-76)80-43-56-93-96-32-20-36-109-123(96)133(126(136)105(93)69-80)115-39-16-13-35-108(115)127(109)106-33-11-14-37-113(106)129(114-38-15-12-34-107(114)127)88-50-41-75(42-51-88)74-21-4-3-5-22-74/h3-73H,2H2,1H3. The highest BCUT2D eigenvalue weighted by atomic mass is 32.1. The fourth-order valence-corrected chi connectivity index (χ4v) is 25.6. The summed E-state index contributed by atoms with van der Waals surface area (Å²) in [7, 11) is 0. The number of hydrogen-bond acceptors (Lipinski definition) is 7. The molecule has 20 aromatic carbocycles. The molecule has 0 saturated carbocycles. The molecule has 0 atom stereocenters. The van der Waals surface area contributed by atoms with Crippen LogP contribution < -0.4 is 21.6 Å². The van der Waals surface area contributed by atoms with E-state index < -0.39 is 5.41 Å². The zero-order valence-electron chi connectivity index (χ0n) is 74.4. The topological polar surface area (TPSA) is 86.5 Å². The largest absolute Gasteiger partial charge is 0.310 e. The van der Waals surface area contributed by atoms with Gasteiger partial charge in [-0.1, -0.05) is 268 Å². The van der Waals surface area contributed by atoms with Gasteiger partial charge in [0.2, 0.25) is 0 Å². The van der Waals surface area contributed by atoms with Crippen molar-refractivity contribution in [1.82, 2.24) is 23.1 Å². The van der Waals surface area contributed by atoms with Crippen LogP contribution in [0.15, 0.2) is 445 Å². The second-order valence-corrected chi connectivity index (χ2v) is 39.0. The van der Waals surface area contributed by atoms with Crippen molar-refractivity contribution >= 4 is 172 Å². The first-order valence-electron chi connectivity index (χ1n) is 47.0. The smallest absolute Gasteiger partial charge is 0.263 e. The predicted octanol–water partition coefficient (Wildman–Crippen LogP) is 31.9. The summed E-state index contributed by atoms with van der Waals surface area (Å²) in [6.07, 6.45) is 0.708. The number of fused-ring (bicyclic) bond motifs is 25. The van der Waals surface area contributed by atoms with E-state index in [9.17, 15) is 4.79 Å². The Morgan fingerprint density at radius 1 is 0.232 bits per heavy atom. The number of benzene rings is 20. The Morgan fingerprint density at radius 3 is 1.28 bits per heavy atom. The van der Waals surface area contributed by atoms with Crippen LogP contribution in [0.2, 0.25) is 0 Å². The van der Waals surface area contributed by atoms with E-state index in [4.69, 9.17) is 4.98 Å². The number of pyridine rings is 3. The van der Waals surface area contributed by atoms with E-state index in [-0.39, 0.29) is 16.7 Å². The SMILES string of the molecule is CCc1nc2cc(-c3ccc4c(c3)sc3ccc(-c5cc6c7ccccc7c(=O)n7c8ccc(-c9ccc%10sc%11ccccc%11c%10c9)cc8c(c5)c67)cc34)ccc2n1-c1ccc(-n2c(=O)c3ccccc3c3cc(-c4cccc(-c5cccc(-c6ccc7c(c6)c(=O)n6c8c(cccc78)C7(c8ccccc8N(c8ccc(-c9ccccc9)cc8)c8ccccc87)c7ccccc7-6)c5)c4)ccc32)cc1. The zero-order chi connectivity index (χ0) is 91.0. The number of para-hydroxylation sites is 4. The van der Waals surface area contributed by atoms with Crippen LogP contribution in [0.5, 0.6) is 0 Å². The van der Waals surface area contributed by atoms with Gasteiger partial charge >= 0.3 is 0 Å². The maximum absolute atomic E-state index is 16.0. The van der Waals surface area contributed by atoms with Gasteiger partial charge in [-0.3, -0.25) is 32.5 Å². The molecule has 7 aromatic heterocycles. The molecule has 9 heterocycles. The summed E-state index contributed by atoms with van der Waals surface area (Å²) in [5.74, 6) is 0.940. The molecular formula is C127H76N6O3S2. The molecule has 0 N–H and O–H groups in total. The lowest BCUT2D eigenvalue weighted by atomic mass is 9.60. The van der Waals surface area contributed by atoms with Crippen molar-refractivity contribution in [2.45, 2.75) is 18.8 Å². The van der Waals surface area contributed by atoms with E-state index in [1.165, 1.54) is 45.9 Å². The summed E-state index contributed by atoms with van der Waals surface area (Å²) in [5, 5.41) is 14.8. The lowest BCUT2D eigenvalue weighted by Gasteiger charge is -2.49. The summed E-state index contributed by atoms with van der Waals surface area (Å²) in [6, 6.07) is 154. The molecule has 0 fully saturated rings. The quantitative estimate of drug-likeness (QED) is 0.120. The predicted molar refractivity (Wildman–Crippen MR) is 577 cm³/mol. The Hall–Kier alpha value is -17.5. The molecule has 29 rings (SSSR count). The lowest BCUT2D eigenvalue weighted by Crippen LogP contribution is -2.42. The van der Waals surface area contributed by atoms with E-state index >= 15 is 9.59 Å². The van der Waals surface area contributed by atoms with E-state index in [0.717, 1.165) is 211 Å². The van der Waals surface area contributed by atoms with Crippen LogP contribution in [0.3, 0.4) is 0 Å². The summed E-state index contributed by atoms with van der Waals surface area (Å²) in [6.45, 7) is 2.15. The Morgan fingerprint density at radius 2 is 0.623 bits per heavy atom. The minimum Gasteiger partial charge on any atom is -0.310 e. The van der Waals surface area contributed by atoms with Crippen LogP contribution in [-0.2, 0) is 11.8 Å². The molecule has 644 valence electrons. The minimum absolute atomic E-state index is 0.00220. The van der Waals surface area contributed by atoms with Crippen molar-refractivity contribution in [2.75, 3.05) is 4.90 Å². The van der Waals surface area contributed by atoms with E-state index in [0.29, 0.717) is 22.6 Å². The van der Waals surface area contributed by atoms with Crippen LogP contribution in [0.25, 0.3) is 228 Å². The van der Waals surface area contributed by atoms with Gasteiger partial charge in [-0.15, -0.1) is 22.7 Å². The summed E-state index contributed by atoms with van der Waals surface area (Å²) in [4.78, 5) is 53.5. The Kier molecular flexibility index (Phi) is 16.8. The van der Waals surface area contributed by atoms with Crippen LogP contribution in [0.1, 0.15) is 35.0 Å². The number of nitrogens with zero attached hydrogens (tertiary/aromatic N) is 6. The fraction of sp³-hybridized carbons (Fsp3) is 0.0236. The molecule has 0 amide bonds. The number of imidazole rings is 1. The molecule has 11 heteroatoms. The normalized spacial score (nSPS) is 12.8. The van der Waals surface area contributed by atoms with Gasteiger partial charge in [0, 0.05) is 107 Å². The molecule has 1 spiro atoms. The molecule has 0 unspecified atom stereocenters. The molecule has 27 aromatic rings. The highest BCUT2D eigenvalue weighted by Gasteiger charge is 2.51. The minimum atomic E-state index is -0.785. The first-order chi connectivity index (χ1) is 68.1. The third-order valence-electron chi connectivity index (χ3n) is 29.7. The van der Waals surface area contributed by atoms with Gasteiger partial charge < -0.3 is 4.90 Å².